The van der Waals surface area contributed by atoms with Crippen molar-refractivity contribution in [2.24, 2.45) is 4.99 Å². The van der Waals surface area contributed by atoms with Gasteiger partial charge >= 0.3 is 5.69 Å². The number of piperidine rings is 1. The maximum absolute atomic E-state index is 12.9. The average Bonchev–Trinajstić information content (AvgIpc) is 3.24. The van der Waals surface area contributed by atoms with Gasteiger partial charge in [0.25, 0.3) is 5.91 Å². The summed E-state index contributed by atoms with van der Waals surface area (Å²) in [6, 6.07) is 6.09. The smallest absolute Gasteiger partial charge is 0.326 e. The molecule has 0 atom stereocenters. The lowest BCUT2D eigenvalue weighted by atomic mass is 10.1. The van der Waals surface area contributed by atoms with Gasteiger partial charge in [0.2, 0.25) is 5.88 Å². The van der Waals surface area contributed by atoms with Gasteiger partial charge < -0.3 is 20.3 Å². The molecule has 1 aliphatic carbocycles. The molecule has 0 radical (unpaired) electrons. The van der Waals surface area contributed by atoms with E-state index in [0.717, 1.165) is 43.6 Å². The van der Waals surface area contributed by atoms with E-state index in [1.54, 1.807) is 16.8 Å². The maximum Gasteiger partial charge on any atom is 0.326 e. The number of aromatic hydroxyl groups is 1. The Bertz CT molecular complexity index is 1620. The normalized spacial score (nSPS) is 18.4. The van der Waals surface area contributed by atoms with Crippen LogP contribution in [-0.4, -0.2) is 72.7 Å². The Hall–Kier alpha value is -3.77. The number of hydrogen-bond donors (Lipinski definition) is 4. The maximum atomic E-state index is 12.9. The van der Waals surface area contributed by atoms with Crippen LogP contribution >= 0.6 is 11.3 Å². The Morgan fingerprint density at radius 2 is 2.06 bits per heavy atom. The molecule has 0 aromatic carbocycles. The fourth-order valence-electron chi connectivity index (χ4n) is 4.33. The number of nitrogens with zero attached hydrogens (tertiary/aromatic N) is 5. The number of nitrogens with one attached hydrogen (secondary N) is 3. The van der Waals surface area contributed by atoms with Crippen LogP contribution in [0.25, 0.3) is 22.3 Å². The second-order valence-electron chi connectivity index (χ2n) is 9.40. The highest BCUT2D eigenvalue weighted by molar-refractivity contribution is 7.17. The van der Waals surface area contributed by atoms with Crippen LogP contribution in [0.2, 0.25) is 0 Å². The van der Waals surface area contributed by atoms with Crippen LogP contribution in [0.3, 0.4) is 0 Å². The van der Waals surface area contributed by atoms with Gasteiger partial charge in [-0.25, -0.2) is 9.78 Å². The Morgan fingerprint density at radius 1 is 1.25 bits per heavy atom. The van der Waals surface area contributed by atoms with Gasteiger partial charge in [0, 0.05) is 17.3 Å². The second-order valence-corrected chi connectivity index (χ2v) is 10.5. The predicted octanol–water partition coefficient (Wildman–Crippen LogP) is 0.615. The molecule has 6 rings (SSSR count). The highest BCUT2D eigenvalue weighted by Gasteiger charge is 2.22. The third-order valence-electron chi connectivity index (χ3n) is 6.51. The molecule has 1 aliphatic heterocycles. The number of rotatable bonds is 5. The number of amides is 1. The molecule has 36 heavy (non-hydrogen) atoms. The SMILES string of the molecule is CN1CCC(NC(=O)c2ccc(-c3cc(=NC4CC4)n4ncc(=Cc5[nH]c(=O)[nH]c5O)c4n3)s2)CC1. The van der Waals surface area contributed by atoms with Crippen LogP contribution in [0.5, 0.6) is 5.88 Å². The summed E-state index contributed by atoms with van der Waals surface area (Å²) in [5.74, 6) is -0.313. The molecule has 1 amide bonds. The summed E-state index contributed by atoms with van der Waals surface area (Å²) in [6.45, 7) is 1.97. The molecule has 2 fully saturated rings. The first-order valence-electron chi connectivity index (χ1n) is 12.0. The molecule has 0 unspecified atom stereocenters. The third kappa shape index (κ3) is 4.56. The van der Waals surface area contributed by atoms with Crippen molar-refractivity contribution in [3.63, 3.8) is 0 Å². The number of aromatic nitrogens is 5. The number of fused-ring (bicyclic) bond motifs is 1. The molecule has 12 heteroatoms. The molecule has 11 nitrogen and oxygen atoms in total. The molecule has 2 aliphatic rings. The lowest BCUT2D eigenvalue weighted by Crippen LogP contribution is -2.43. The van der Waals surface area contributed by atoms with Crippen LogP contribution in [-0.2, 0) is 0 Å². The molecule has 1 saturated heterocycles. The summed E-state index contributed by atoms with van der Waals surface area (Å²) in [4.78, 5) is 42.7. The van der Waals surface area contributed by atoms with Crippen molar-refractivity contribution in [3.05, 3.63) is 56.2 Å². The molecular weight excluding hydrogens is 480 g/mol. The molecule has 4 aromatic rings. The Kier molecular flexibility index (Phi) is 5.69. The molecule has 5 heterocycles. The van der Waals surface area contributed by atoms with Gasteiger partial charge in [0.05, 0.1) is 27.7 Å². The zero-order valence-corrected chi connectivity index (χ0v) is 20.5. The van der Waals surface area contributed by atoms with Crippen LogP contribution in [0.4, 0.5) is 0 Å². The van der Waals surface area contributed by atoms with Crippen LogP contribution in [0, 0.1) is 0 Å². The monoisotopic (exact) mass is 506 g/mol. The topological polar surface area (TPSA) is 144 Å². The molecule has 0 spiro atoms. The number of carbonyl (C=O) groups excluding carboxylic acids is 1. The van der Waals surface area contributed by atoms with Gasteiger partial charge in [-0.1, -0.05) is 0 Å². The minimum atomic E-state index is -0.502. The predicted molar refractivity (Wildman–Crippen MR) is 135 cm³/mol. The fraction of sp³-hybridized carbons (Fsp3) is 0.375. The minimum Gasteiger partial charge on any atom is -0.493 e. The number of likely N-dealkylation sites (tertiary alicyclic amines) is 1. The van der Waals surface area contributed by atoms with E-state index < -0.39 is 5.69 Å². The number of H-pyrrole nitrogens is 2. The van der Waals surface area contributed by atoms with E-state index in [1.807, 2.05) is 18.2 Å². The zero-order chi connectivity index (χ0) is 24.8. The summed E-state index contributed by atoms with van der Waals surface area (Å²) < 4.78 is 1.66. The van der Waals surface area contributed by atoms with Crippen molar-refractivity contribution in [1.29, 1.82) is 0 Å². The first kappa shape index (κ1) is 22.7. The number of carbonyl (C=O) groups is 1. The van der Waals surface area contributed by atoms with E-state index in [9.17, 15) is 14.7 Å². The van der Waals surface area contributed by atoms with Crippen molar-refractivity contribution >= 4 is 29.0 Å². The number of thiophene rings is 1. The van der Waals surface area contributed by atoms with E-state index in [4.69, 9.17) is 9.98 Å². The van der Waals surface area contributed by atoms with Crippen LogP contribution in [0.1, 0.15) is 41.0 Å². The van der Waals surface area contributed by atoms with E-state index in [0.29, 0.717) is 26.9 Å². The van der Waals surface area contributed by atoms with Crippen molar-refractivity contribution < 1.29 is 9.90 Å². The van der Waals surface area contributed by atoms with Gasteiger partial charge in [0.15, 0.2) is 11.1 Å². The Morgan fingerprint density at radius 3 is 2.78 bits per heavy atom. The fourth-order valence-corrected chi connectivity index (χ4v) is 5.20. The second kappa shape index (κ2) is 9.03. The highest BCUT2D eigenvalue weighted by atomic mass is 32.1. The standard InChI is InChI=1S/C24H26N8O3S/c1-31-8-6-15(7-9-31)27-23(34)19-5-4-18(36-19)16-11-20(26-14-2-3-14)32-21(28-16)13(12-25-32)10-17-22(33)30-24(35)29-17/h4-5,10-12,14-15,33H,2-3,6-9H2,1H3,(H,27,34)(H2,29,30,35). The van der Waals surface area contributed by atoms with Gasteiger partial charge in [-0.05, 0) is 64.0 Å². The first-order chi connectivity index (χ1) is 17.4. The third-order valence-corrected chi connectivity index (χ3v) is 7.62. The van der Waals surface area contributed by atoms with Crippen molar-refractivity contribution in [2.75, 3.05) is 20.1 Å². The minimum absolute atomic E-state index is 0.0602. The molecule has 186 valence electrons. The zero-order valence-electron chi connectivity index (χ0n) is 19.7. The molecule has 4 N–H and O–H groups in total. The number of imidazole rings is 1. The first-order valence-corrected chi connectivity index (χ1v) is 12.8. The van der Waals surface area contributed by atoms with Gasteiger partial charge in [-0.15, -0.1) is 11.3 Å². The summed E-state index contributed by atoms with van der Waals surface area (Å²) in [5, 5.41) is 18.2. The number of hydrogen-bond acceptors (Lipinski definition) is 8. The average molecular weight is 507 g/mol. The lowest BCUT2D eigenvalue weighted by molar-refractivity contribution is 0.0921. The van der Waals surface area contributed by atoms with Crippen molar-refractivity contribution in [1.82, 2.24) is 34.8 Å². The van der Waals surface area contributed by atoms with Gasteiger partial charge in [-0.2, -0.15) is 9.61 Å². The molecular formula is C24H26N8O3S. The van der Waals surface area contributed by atoms with Crippen LogP contribution < -0.4 is 21.7 Å². The summed E-state index contributed by atoms with van der Waals surface area (Å²) in [5.41, 5.74) is 1.64. The largest absolute Gasteiger partial charge is 0.493 e. The molecule has 1 saturated carbocycles. The summed E-state index contributed by atoms with van der Waals surface area (Å²) in [7, 11) is 2.10. The van der Waals surface area contributed by atoms with Gasteiger partial charge in [0.1, 0.15) is 5.69 Å². The Balaban J connectivity index is 1.37. The highest BCUT2D eigenvalue weighted by Crippen LogP contribution is 2.27. The van der Waals surface area contributed by atoms with Crippen molar-refractivity contribution in [3.8, 4) is 16.5 Å². The van der Waals surface area contributed by atoms with E-state index in [1.165, 1.54) is 11.3 Å². The summed E-state index contributed by atoms with van der Waals surface area (Å²) >= 11 is 1.39. The number of aromatic amines is 2. The van der Waals surface area contributed by atoms with Crippen LogP contribution in [0.15, 0.2) is 34.2 Å². The molecule has 0 bridgehead atoms. The molecule has 4 aromatic heterocycles. The Labute approximate surface area is 209 Å². The van der Waals surface area contributed by atoms with E-state index in [-0.39, 0.29) is 29.6 Å². The van der Waals surface area contributed by atoms with E-state index in [2.05, 4.69) is 32.3 Å². The van der Waals surface area contributed by atoms with E-state index >= 15 is 0 Å². The summed E-state index contributed by atoms with van der Waals surface area (Å²) in [6.07, 6.45) is 7.22. The van der Waals surface area contributed by atoms with Crippen molar-refractivity contribution in [2.45, 2.75) is 37.8 Å². The quantitative estimate of drug-likeness (QED) is 0.312. The van der Waals surface area contributed by atoms with Gasteiger partial charge in [-0.3, -0.25) is 14.8 Å². The lowest BCUT2D eigenvalue weighted by Gasteiger charge is -2.29.